The van der Waals surface area contributed by atoms with Gasteiger partial charge >= 0.3 is 0 Å². The molecule has 4 aromatic rings. The van der Waals surface area contributed by atoms with Gasteiger partial charge in [0, 0.05) is 28.5 Å². The third-order valence-corrected chi connectivity index (χ3v) is 10.6. The van der Waals surface area contributed by atoms with Gasteiger partial charge in [-0.3, -0.25) is 13.9 Å². The van der Waals surface area contributed by atoms with Crippen molar-refractivity contribution in [1.29, 1.82) is 0 Å². The maximum atomic E-state index is 14.6. The van der Waals surface area contributed by atoms with Crippen LogP contribution in [-0.2, 0) is 32.6 Å². The van der Waals surface area contributed by atoms with Crippen LogP contribution in [0.2, 0.25) is 5.02 Å². The van der Waals surface area contributed by atoms with E-state index in [2.05, 4.69) is 21.2 Å². The van der Waals surface area contributed by atoms with Crippen molar-refractivity contribution in [3.63, 3.8) is 0 Å². The largest absolute Gasteiger partial charge is 0.352 e. The highest BCUT2D eigenvalue weighted by Crippen LogP contribution is 2.28. The van der Waals surface area contributed by atoms with Gasteiger partial charge in [0.1, 0.15) is 12.6 Å². The van der Waals surface area contributed by atoms with Crippen LogP contribution < -0.4 is 9.62 Å². The summed E-state index contributed by atoms with van der Waals surface area (Å²) in [6.45, 7) is 7.30. The van der Waals surface area contributed by atoms with Crippen LogP contribution in [0.1, 0.15) is 42.5 Å². The molecule has 0 saturated carbocycles. The predicted molar refractivity (Wildman–Crippen MR) is 188 cm³/mol. The Morgan fingerprint density at radius 1 is 0.870 bits per heavy atom. The number of anilines is 1. The smallest absolute Gasteiger partial charge is 0.264 e. The van der Waals surface area contributed by atoms with Gasteiger partial charge in [-0.05, 0) is 98.0 Å². The quantitative estimate of drug-likeness (QED) is 0.155. The van der Waals surface area contributed by atoms with E-state index in [1.807, 2.05) is 88.4 Å². The van der Waals surface area contributed by atoms with Crippen molar-refractivity contribution >= 4 is 55.1 Å². The first-order valence-electron chi connectivity index (χ1n) is 15.1. The van der Waals surface area contributed by atoms with Gasteiger partial charge in [-0.1, -0.05) is 83.0 Å². The van der Waals surface area contributed by atoms with Crippen molar-refractivity contribution in [3.05, 3.63) is 129 Å². The summed E-state index contributed by atoms with van der Waals surface area (Å²) in [6.07, 6.45) is 0.962. The standard InChI is InChI=1S/C36H39BrClN3O4S/c1-5-27(4)39-36(43)34(22-28-9-7-6-8-10-28)40(23-29-12-14-30(37)15-13-29)35(42)24-41(32-18-11-25(2)26(3)21-32)46(44,45)33-19-16-31(38)17-20-33/h6-21,27,34H,5,22-24H2,1-4H3,(H,39,43)/t27-,34-/m1/s1. The van der Waals surface area contributed by atoms with Gasteiger partial charge in [0.25, 0.3) is 10.0 Å². The zero-order valence-corrected chi connectivity index (χ0v) is 29.6. The molecule has 0 bridgehead atoms. The maximum Gasteiger partial charge on any atom is 0.264 e. The van der Waals surface area contributed by atoms with Crippen LogP contribution in [0.3, 0.4) is 0 Å². The number of sulfonamides is 1. The second kappa shape index (κ2) is 15.8. The lowest BCUT2D eigenvalue weighted by Gasteiger charge is -2.34. The van der Waals surface area contributed by atoms with Crippen LogP contribution in [-0.4, -0.2) is 43.8 Å². The topological polar surface area (TPSA) is 86.8 Å². The number of rotatable bonds is 13. The van der Waals surface area contributed by atoms with Gasteiger partial charge < -0.3 is 10.2 Å². The number of nitrogens with zero attached hydrogens (tertiary/aromatic N) is 2. The van der Waals surface area contributed by atoms with Gasteiger partial charge in [-0.15, -0.1) is 0 Å². The molecular formula is C36H39BrClN3O4S. The SMILES string of the molecule is CC[C@@H](C)NC(=O)[C@@H](Cc1ccccc1)N(Cc1ccc(Br)cc1)C(=O)CN(c1ccc(C)c(C)c1)S(=O)(=O)c1ccc(Cl)cc1. The first kappa shape index (κ1) is 35.2. The van der Waals surface area contributed by atoms with E-state index in [-0.39, 0.29) is 29.8 Å². The van der Waals surface area contributed by atoms with Gasteiger partial charge in [0.2, 0.25) is 11.8 Å². The number of hydrogen-bond donors (Lipinski definition) is 1. The lowest BCUT2D eigenvalue weighted by atomic mass is 10.0. The molecule has 46 heavy (non-hydrogen) atoms. The monoisotopic (exact) mass is 723 g/mol. The molecule has 0 heterocycles. The molecule has 7 nitrogen and oxygen atoms in total. The first-order valence-corrected chi connectivity index (χ1v) is 17.7. The van der Waals surface area contributed by atoms with Crippen LogP contribution >= 0.6 is 27.5 Å². The van der Waals surface area contributed by atoms with Gasteiger partial charge in [-0.2, -0.15) is 0 Å². The van der Waals surface area contributed by atoms with Crippen molar-refractivity contribution in [2.45, 2.75) is 64.1 Å². The Balaban J connectivity index is 1.82. The van der Waals surface area contributed by atoms with Crippen LogP contribution in [0, 0.1) is 13.8 Å². The molecule has 0 unspecified atom stereocenters. The normalized spacial score (nSPS) is 12.7. The van der Waals surface area contributed by atoms with Crippen LogP contribution in [0.5, 0.6) is 0 Å². The van der Waals surface area contributed by atoms with E-state index in [4.69, 9.17) is 11.6 Å². The number of hydrogen-bond acceptors (Lipinski definition) is 4. The summed E-state index contributed by atoms with van der Waals surface area (Å²) in [6, 6.07) is 27.1. The second-order valence-corrected chi connectivity index (χ2v) is 14.6. The molecule has 10 heteroatoms. The first-order chi connectivity index (χ1) is 21.9. The van der Waals surface area contributed by atoms with E-state index in [0.717, 1.165) is 31.0 Å². The zero-order valence-electron chi connectivity index (χ0n) is 26.4. The summed E-state index contributed by atoms with van der Waals surface area (Å²) < 4.78 is 30.4. The van der Waals surface area contributed by atoms with Crippen LogP contribution in [0.4, 0.5) is 5.69 Å². The number of benzene rings is 4. The summed E-state index contributed by atoms with van der Waals surface area (Å²) in [5.74, 6) is -0.819. The summed E-state index contributed by atoms with van der Waals surface area (Å²) >= 11 is 9.54. The summed E-state index contributed by atoms with van der Waals surface area (Å²) in [5, 5.41) is 3.45. The Morgan fingerprint density at radius 3 is 2.13 bits per heavy atom. The number of carbonyl (C=O) groups is 2. The highest BCUT2D eigenvalue weighted by Gasteiger charge is 2.35. The molecule has 2 atom stereocenters. The summed E-state index contributed by atoms with van der Waals surface area (Å²) in [4.78, 5) is 30.0. The van der Waals surface area contributed by atoms with E-state index < -0.39 is 28.5 Å². The molecule has 0 saturated heterocycles. The molecule has 0 aliphatic heterocycles. The molecule has 0 spiro atoms. The number of aryl methyl sites for hydroxylation is 2. The van der Waals surface area contributed by atoms with Gasteiger partial charge in [-0.25, -0.2) is 8.42 Å². The van der Waals surface area contributed by atoms with Crippen LogP contribution in [0.15, 0.2) is 106 Å². The molecule has 4 rings (SSSR count). The Labute approximate surface area is 285 Å². The Kier molecular flexibility index (Phi) is 12.1. The molecule has 0 aliphatic rings. The lowest BCUT2D eigenvalue weighted by Crippen LogP contribution is -2.54. The number of halogens is 2. The molecular weight excluding hydrogens is 686 g/mol. The molecule has 2 amide bonds. The minimum Gasteiger partial charge on any atom is -0.352 e. The van der Waals surface area contributed by atoms with Crippen LogP contribution in [0.25, 0.3) is 0 Å². The highest BCUT2D eigenvalue weighted by molar-refractivity contribution is 9.10. The second-order valence-electron chi connectivity index (χ2n) is 11.4. The molecule has 0 aromatic heterocycles. The molecule has 242 valence electrons. The number of carbonyl (C=O) groups excluding carboxylic acids is 2. The van der Waals surface area contributed by atoms with Gasteiger partial charge in [0.05, 0.1) is 10.6 Å². The third kappa shape index (κ3) is 8.99. The molecule has 1 N–H and O–H groups in total. The fraction of sp³-hybridized carbons (Fsp3) is 0.278. The summed E-state index contributed by atoms with van der Waals surface area (Å²) in [7, 11) is -4.21. The number of nitrogens with one attached hydrogen (secondary N) is 1. The van der Waals surface area contributed by atoms with E-state index >= 15 is 0 Å². The minimum atomic E-state index is -4.21. The van der Waals surface area contributed by atoms with Crippen molar-refractivity contribution in [2.24, 2.45) is 0 Å². The maximum absolute atomic E-state index is 14.6. The van der Waals surface area contributed by atoms with Gasteiger partial charge in [0.15, 0.2) is 0 Å². The van der Waals surface area contributed by atoms with E-state index in [0.29, 0.717) is 17.1 Å². The molecule has 0 fully saturated rings. The third-order valence-electron chi connectivity index (χ3n) is 8.00. The molecule has 4 aromatic carbocycles. The van der Waals surface area contributed by atoms with Crippen molar-refractivity contribution in [2.75, 3.05) is 10.8 Å². The fourth-order valence-corrected chi connectivity index (χ4v) is 6.72. The van der Waals surface area contributed by atoms with Crippen molar-refractivity contribution in [3.8, 4) is 0 Å². The number of amides is 2. The highest BCUT2D eigenvalue weighted by atomic mass is 79.9. The Bertz CT molecular complexity index is 1750. The van der Waals surface area contributed by atoms with Crippen molar-refractivity contribution in [1.82, 2.24) is 10.2 Å². The molecule has 0 aliphatic carbocycles. The van der Waals surface area contributed by atoms with Crippen molar-refractivity contribution < 1.29 is 18.0 Å². The van der Waals surface area contributed by atoms with E-state index in [1.54, 1.807) is 12.1 Å². The summed E-state index contributed by atoms with van der Waals surface area (Å²) in [5.41, 5.74) is 3.88. The average Bonchev–Trinajstić information content (AvgIpc) is 3.04. The zero-order chi connectivity index (χ0) is 33.4. The molecule has 0 radical (unpaired) electrons. The Hall–Kier alpha value is -3.66. The minimum absolute atomic E-state index is 0.00210. The van der Waals surface area contributed by atoms with E-state index in [1.165, 1.54) is 29.2 Å². The lowest BCUT2D eigenvalue weighted by molar-refractivity contribution is -0.140. The van der Waals surface area contributed by atoms with E-state index in [9.17, 15) is 18.0 Å². The average molecular weight is 725 g/mol. The predicted octanol–water partition coefficient (Wildman–Crippen LogP) is 7.47. The fourth-order valence-electron chi connectivity index (χ4n) is 4.92. The Morgan fingerprint density at radius 2 is 1.52 bits per heavy atom.